The average molecular weight is 690 g/mol. The fourth-order valence-corrected chi connectivity index (χ4v) is 7.85. The van der Waals surface area contributed by atoms with E-state index in [0.717, 1.165) is 50.1 Å². The maximum Gasteiger partial charge on any atom is 0.143 e. The molecule has 0 aliphatic heterocycles. The first-order valence-corrected chi connectivity index (χ1v) is 18.4. The lowest BCUT2D eigenvalue weighted by Crippen LogP contribution is -2.11. The molecule has 0 atom stereocenters. The van der Waals surface area contributed by atoms with Gasteiger partial charge in [0.25, 0.3) is 0 Å². The van der Waals surface area contributed by atoms with E-state index in [-0.39, 0.29) is 0 Å². The van der Waals surface area contributed by atoms with Gasteiger partial charge in [-0.1, -0.05) is 170 Å². The molecule has 10 aromatic rings. The molecular formula is C52H35NO. The molecule has 10 rings (SSSR count). The topological polar surface area (TPSA) is 16.4 Å². The maximum absolute atomic E-state index is 6.57. The Balaban J connectivity index is 1.11. The highest BCUT2D eigenvalue weighted by Gasteiger charge is 2.21. The van der Waals surface area contributed by atoms with Gasteiger partial charge < -0.3 is 9.32 Å². The molecule has 0 aliphatic rings. The first-order chi connectivity index (χ1) is 26.8. The van der Waals surface area contributed by atoms with Crippen molar-refractivity contribution < 1.29 is 4.42 Å². The van der Waals surface area contributed by atoms with E-state index in [2.05, 4.69) is 205 Å². The standard InChI is InChI=1S/C52H35NO/c1-2-13-36(14-3-1)38-27-31-42(32-28-38)53(50-23-10-8-19-46(50)48-21-12-22-49-47-20-9-11-24-51(47)54-52(48)49)43-33-29-39(30-34-43)44-17-6-7-18-45(44)41-26-25-37-15-4-5-16-40(37)35-41/h1-35H. The molecule has 0 spiro atoms. The fraction of sp³-hybridized carbons (Fsp3) is 0. The Bertz CT molecular complexity index is 2920. The normalized spacial score (nSPS) is 11.3. The lowest BCUT2D eigenvalue weighted by Gasteiger charge is -2.28. The van der Waals surface area contributed by atoms with Crippen LogP contribution in [0.2, 0.25) is 0 Å². The lowest BCUT2D eigenvalue weighted by molar-refractivity contribution is 0.670. The molecule has 0 N–H and O–H groups in total. The minimum Gasteiger partial charge on any atom is -0.455 e. The molecule has 2 nitrogen and oxygen atoms in total. The van der Waals surface area contributed by atoms with E-state index >= 15 is 0 Å². The Hall–Kier alpha value is -7.16. The van der Waals surface area contributed by atoms with Gasteiger partial charge in [0, 0.05) is 33.3 Å². The van der Waals surface area contributed by atoms with Crippen LogP contribution in [0, 0.1) is 0 Å². The zero-order valence-corrected chi connectivity index (χ0v) is 29.6. The lowest BCUT2D eigenvalue weighted by atomic mass is 9.93. The maximum atomic E-state index is 6.57. The van der Waals surface area contributed by atoms with E-state index < -0.39 is 0 Å². The highest BCUT2D eigenvalue weighted by atomic mass is 16.3. The van der Waals surface area contributed by atoms with Crippen molar-refractivity contribution in [2.75, 3.05) is 4.90 Å². The third-order valence-corrected chi connectivity index (χ3v) is 10.5. The van der Waals surface area contributed by atoms with Crippen molar-refractivity contribution in [2.24, 2.45) is 0 Å². The third kappa shape index (κ3) is 5.62. The molecule has 1 heterocycles. The predicted octanol–water partition coefficient (Wildman–Crippen LogP) is 14.9. The van der Waals surface area contributed by atoms with Crippen molar-refractivity contribution >= 4 is 49.8 Å². The number of nitrogens with zero attached hydrogens (tertiary/aromatic N) is 1. The minimum absolute atomic E-state index is 0.894. The SMILES string of the molecule is c1ccc(-c2ccc(N(c3ccc(-c4ccccc4-c4ccc5ccccc5c4)cc3)c3ccccc3-c3cccc4c3oc3ccccc34)cc2)cc1. The van der Waals surface area contributed by atoms with E-state index in [1.54, 1.807) is 0 Å². The van der Waals surface area contributed by atoms with Gasteiger partial charge in [-0.25, -0.2) is 0 Å². The van der Waals surface area contributed by atoms with E-state index in [9.17, 15) is 0 Å². The summed E-state index contributed by atoms with van der Waals surface area (Å²) < 4.78 is 6.57. The molecule has 0 amide bonds. The van der Waals surface area contributed by atoms with Gasteiger partial charge in [-0.05, 0) is 86.6 Å². The summed E-state index contributed by atoms with van der Waals surface area (Å²) in [5, 5.41) is 4.73. The van der Waals surface area contributed by atoms with Crippen molar-refractivity contribution in [3.63, 3.8) is 0 Å². The van der Waals surface area contributed by atoms with Crippen LogP contribution in [0.4, 0.5) is 17.1 Å². The van der Waals surface area contributed by atoms with Crippen LogP contribution in [0.15, 0.2) is 217 Å². The second-order valence-electron chi connectivity index (χ2n) is 13.7. The number of anilines is 3. The van der Waals surface area contributed by atoms with E-state index in [0.29, 0.717) is 0 Å². The molecule has 0 radical (unpaired) electrons. The number of fused-ring (bicyclic) bond motifs is 4. The Labute approximate surface area is 314 Å². The van der Waals surface area contributed by atoms with Crippen molar-refractivity contribution in [3.8, 4) is 44.5 Å². The number of para-hydroxylation sites is 3. The van der Waals surface area contributed by atoms with E-state index in [1.807, 2.05) is 12.1 Å². The Morgan fingerprint density at radius 3 is 1.63 bits per heavy atom. The Morgan fingerprint density at radius 2 is 0.852 bits per heavy atom. The van der Waals surface area contributed by atoms with Crippen molar-refractivity contribution in [3.05, 3.63) is 212 Å². The van der Waals surface area contributed by atoms with Gasteiger partial charge in [0.1, 0.15) is 11.2 Å². The van der Waals surface area contributed by atoms with Crippen molar-refractivity contribution in [1.29, 1.82) is 0 Å². The number of benzene rings is 9. The van der Waals surface area contributed by atoms with E-state index in [1.165, 1.54) is 44.2 Å². The van der Waals surface area contributed by atoms with E-state index in [4.69, 9.17) is 4.42 Å². The van der Waals surface area contributed by atoms with Gasteiger partial charge in [0.05, 0.1) is 5.69 Å². The molecule has 54 heavy (non-hydrogen) atoms. The largest absolute Gasteiger partial charge is 0.455 e. The van der Waals surface area contributed by atoms with Crippen LogP contribution in [0.3, 0.4) is 0 Å². The molecule has 2 heteroatoms. The zero-order chi connectivity index (χ0) is 35.8. The van der Waals surface area contributed by atoms with Crippen molar-refractivity contribution in [1.82, 2.24) is 0 Å². The molecule has 9 aromatic carbocycles. The number of furan rings is 1. The second kappa shape index (κ2) is 13.4. The van der Waals surface area contributed by atoms with Crippen LogP contribution >= 0.6 is 0 Å². The quantitative estimate of drug-likeness (QED) is 0.166. The number of hydrogen-bond acceptors (Lipinski definition) is 2. The van der Waals surface area contributed by atoms with Gasteiger partial charge in [-0.15, -0.1) is 0 Å². The van der Waals surface area contributed by atoms with Gasteiger partial charge in [-0.2, -0.15) is 0 Å². The Morgan fingerprint density at radius 1 is 0.315 bits per heavy atom. The zero-order valence-electron chi connectivity index (χ0n) is 29.6. The first kappa shape index (κ1) is 31.6. The molecule has 0 saturated heterocycles. The van der Waals surface area contributed by atoms with Crippen LogP contribution in [0.5, 0.6) is 0 Å². The van der Waals surface area contributed by atoms with Crippen LogP contribution in [-0.4, -0.2) is 0 Å². The average Bonchev–Trinajstić information content (AvgIpc) is 3.64. The first-order valence-electron chi connectivity index (χ1n) is 18.4. The Kier molecular flexibility index (Phi) is 7.85. The second-order valence-corrected chi connectivity index (χ2v) is 13.7. The van der Waals surface area contributed by atoms with Crippen LogP contribution in [0.1, 0.15) is 0 Å². The fourth-order valence-electron chi connectivity index (χ4n) is 7.85. The molecule has 0 aliphatic carbocycles. The summed E-state index contributed by atoms with van der Waals surface area (Å²) in [5.74, 6) is 0. The molecule has 0 fully saturated rings. The van der Waals surface area contributed by atoms with Gasteiger partial charge >= 0.3 is 0 Å². The van der Waals surface area contributed by atoms with Crippen LogP contribution in [0.25, 0.3) is 77.2 Å². The van der Waals surface area contributed by atoms with Crippen LogP contribution < -0.4 is 4.90 Å². The monoisotopic (exact) mass is 689 g/mol. The van der Waals surface area contributed by atoms with Gasteiger partial charge in [0.2, 0.25) is 0 Å². The molecule has 0 bridgehead atoms. The summed E-state index contributed by atoms with van der Waals surface area (Å²) in [7, 11) is 0. The summed E-state index contributed by atoms with van der Waals surface area (Å²) in [5.41, 5.74) is 14.3. The summed E-state index contributed by atoms with van der Waals surface area (Å²) in [6.07, 6.45) is 0. The minimum atomic E-state index is 0.894. The molecule has 1 aromatic heterocycles. The number of rotatable bonds is 7. The molecular weight excluding hydrogens is 655 g/mol. The summed E-state index contributed by atoms with van der Waals surface area (Å²) in [6, 6.07) is 75.8. The van der Waals surface area contributed by atoms with Crippen LogP contribution in [-0.2, 0) is 0 Å². The highest BCUT2D eigenvalue weighted by molar-refractivity contribution is 6.10. The molecule has 0 unspecified atom stereocenters. The highest BCUT2D eigenvalue weighted by Crippen LogP contribution is 2.45. The predicted molar refractivity (Wildman–Crippen MR) is 228 cm³/mol. The summed E-state index contributed by atoms with van der Waals surface area (Å²) >= 11 is 0. The van der Waals surface area contributed by atoms with Gasteiger partial charge in [-0.3, -0.25) is 0 Å². The third-order valence-electron chi connectivity index (χ3n) is 10.5. The smallest absolute Gasteiger partial charge is 0.143 e. The molecule has 0 saturated carbocycles. The van der Waals surface area contributed by atoms with Crippen molar-refractivity contribution in [2.45, 2.75) is 0 Å². The summed E-state index contributed by atoms with van der Waals surface area (Å²) in [4.78, 5) is 2.37. The summed E-state index contributed by atoms with van der Waals surface area (Å²) in [6.45, 7) is 0. The number of hydrogen-bond donors (Lipinski definition) is 0. The van der Waals surface area contributed by atoms with Gasteiger partial charge in [0.15, 0.2) is 0 Å². The molecule has 254 valence electrons.